The van der Waals surface area contributed by atoms with Crippen LogP contribution >= 0.6 is 11.3 Å². The number of carbonyl (C=O) groups is 6. The Kier molecular flexibility index (Phi) is 16.8. The Bertz CT molecular complexity index is 2740. The van der Waals surface area contributed by atoms with Gasteiger partial charge in [0.1, 0.15) is 40.3 Å². The van der Waals surface area contributed by atoms with Crippen molar-refractivity contribution in [2.45, 2.75) is 135 Å². The zero-order valence-electron chi connectivity index (χ0n) is 41.8. The Morgan fingerprint density at radius 3 is 2.04 bits per heavy atom. The number of nitrogens with zero attached hydrogens (tertiary/aromatic N) is 7. The summed E-state index contributed by atoms with van der Waals surface area (Å²) in [4.78, 5) is 92.4. The summed E-state index contributed by atoms with van der Waals surface area (Å²) in [6.45, 7) is 14.8. The maximum Gasteiger partial charge on any atom is 0.413 e. The molecule has 4 N–H and O–H groups in total. The first kappa shape index (κ1) is 55.1. The zero-order valence-corrected chi connectivity index (χ0v) is 43.4. The maximum atomic E-state index is 14.3. The Hall–Kier alpha value is -7.19. The van der Waals surface area contributed by atoms with E-state index in [0.717, 1.165) is 16.1 Å². The lowest BCUT2D eigenvalue weighted by molar-refractivity contribution is -0.164. The van der Waals surface area contributed by atoms with Gasteiger partial charge in [-0.25, -0.2) is 28.5 Å². The minimum atomic E-state index is -5.21. The van der Waals surface area contributed by atoms with Crippen LogP contribution in [0.15, 0.2) is 77.4 Å². The van der Waals surface area contributed by atoms with Crippen LogP contribution in [0.25, 0.3) is 0 Å². The van der Waals surface area contributed by atoms with E-state index >= 15 is 0 Å². The number of alkyl carbamates (subject to hydrolysis) is 1. The third-order valence-corrected chi connectivity index (χ3v) is 12.0. The number of amides is 5. The van der Waals surface area contributed by atoms with Gasteiger partial charge in [0.25, 0.3) is 11.8 Å². The van der Waals surface area contributed by atoms with Gasteiger partial charge in [-0.15, -0.1) is 11.3 Å². The molecule has 6 rings (SSSR count). The van der Waals surface area contributed by atoms with Gasteiger partial charge in [0.05, 0.1) is 19.3 Å². The highest BCUT2D eigenvalue weighted by Crippen LogP contribution is 2.43. The summed E-state index contributed by atoms with van der Waals surface area (Å²) in [5.41, 5.74) is -3.31. The van der Waals surface area contributed by atoms with Crippen molar-refractivity contribution in [1.29, 1.82) is 0 Å². The fraction of sp³-hybridized carbons (Fsp3) is 0.489. The molecule has 0 radical (unpaired) electrons. The number of aromatic nitrogens is 4. The number of hydrogen-bond donors (Lipinski definition) is 4. The zero-order chi connectivity index (χ0) is 53.5. The van der Waals surface area contributed by atoms with E-state index in [4.69, 9.17) is 23.8 Å². The minimum Gasteiger partial charge on any atom is -0.450 e. The van der Waals surface area contributed by atoms with E-state index in [1.807, 2.05) is 12.1 Å². The smallest absolute Gasteiger partial charge is 0.413 e. The number of benzene rings is 2. The van der Waals surface area contributed by atoms with Crippen molar-refractivity contribution in [2.24, 2.45) is 5.16 Å². The van der Waals surface area contributed by atoms with E-state index < -0.39 is 99.2 Å². The molecule has 5 amide bonds. The molecule has 24 nitrogen and oxygen atoms in total. The van der Waals surface area contributed by atoms with Gasteiger partial charge in [-0.2, -0.15) is 23.4 Å². The molecule has 1 saturated carbocycles. The SMILES string of the molecule is CC(C)(C)OC(=O)NCCCN(Cc1cnn(C[C@@H]2[C@H](NC(=O)/C(=N\OC3(C(=O)OC(c4ccccc4)c4ccccc4)CC3)c3csc(NC(=O)OC(C)(C)C)n3)C(=O)N2S(=O)(=O)O)n1)C(=O)OC(C)(C)C. The molecule has 2 aromatic carbocycles. The molecule has 394 valence electrons. The lowest BCUT2D eigenvalue weighted by Crippen LogP contribution is -2.73. The number of nitrogens with one attached hydrogen (secondary N) is 3. The molecule has 3 heterocycles. The molecule has 73 heavy (non-hydrogen) atoms. The van der Waals surface area contributed by atoms with Crippen LogP contribution in [0.2, 0.25) is 0 Å². The molecular weight excluding hydrogens is 993 g/mol. The van der Waals surface area contributed by atoms with E-state index in [2.05, 4.69) is 36.3 Å². The summed E-state index contributed by atoms with van der Waals surface area (Å²) in [6.07, 6.45) is -1.16. The fourth-order valence-electron chi connectivity index (χ4n) is 6.96. The van der Waals surface area contributed by atoms with Gasteiger partial charge < -0.3 is 39.3 Å². The number of ether oxygens (including phenoxy) is 4. The molecule has 2 aromatic heterocycles. The molecular formula is C47H60N10O14S2. The number of esters is 1. The first-order valence-electron chi connectivity index (χ1n) is 23.1. The van der Waals surface area contributed by atoms with E-state index in [1.165, 1.54) is 16.5 Å². The second kappa shape index (κ2) is 22.3. The van der Waals surface area contributed by atoms with Crippen LogP contribution in [0, 0.1) is 0 Å². The molecule has 26 heteroatoms. The van der Waals surface area contributed by atoms with Crippen LogP contribution in [0.1, 0.15) is 110 Å². The highest BCUT2D eigenvalue weighted by molar-refractivity contribution is 7.84. The van der Waals surface area contributed by atoms with Gasteiger partial charge in [-0.1, -0.05) is 65.8 Å². The minimum absolute atomic E-state index is 0.0303. The van der Waals surface area contributed by atoms with Crippen molar-refractivity contribution in [1.82, 2.24) is 39.8 Å². The largest absolute Gasteiger partial charge is 0.450 e. The van der Waals surface area contributed by atoms with Crippen molar-refractivity contribution in [2.75, 3.05) is 18.4 Å². The molecule has 0 unspecified atom stereocenters. The summed E-state index contributed by atoms with van der Waals surface area (Å²) in [6, 6.07) is 14.9. The summed E-state index contributed by atoms with van der Waals surface area (Å²) < 4.78 is 57.7. The molecule has 1 aliphatic carbocycles. The third-order valence-electron chi connectivity index (χ3n) is 10.3. The standard InChI is InChI=1S/C47H60N10O14S2/c1-44(2,3)68-41(61)48-23-16-24-55(43(63)70-46(7,8)9)26-31-25-49-56(53-31)27-33-35(38(59)57(33)73(64,65)66)51-37(58)34(32-28-72-40(50-32)52-42(62)69-45(4,5)6)54-71-47(21-22-47)39(60)67-36(29-17-12-10-13-18-29)30-19-14-11-15-20-30/h10-15,17-20,25,28,33,35-36H,16,21-24,26-27H2,1-9H3,(H,48,61)(H,51,58)(H,50,52,62)(H,64,65,66)/b54-34-/t33-,35+/m1/s1. The number of hydrogen-bond acceptors (Lipinski definition) is 18. The molecule has 0 bridgehead atoms. The van der Waals surface area contributed by atoms with Crippen LogP contribution in [0.3, 0.4) is 0 Å². The normalized spacial score (nSPS) is 16.7. The molecule has 2 aliphatic rings. The van der Waals surface area contributed by atoms with Gasteiger partial charge in [0.2, 0.25) is 5.60 Å². The van der Waals surface area contributed by atoms with Crippen LogP contribution < -0.4 is 16.0 Å². The quantitative estimate of drug-likeness (QED) is 0.0171. The van der Waals surface area contributed by atoms with Crippen molar-refractivity contribution in [3.05, 3.63) is 94.8 Å². The first-order valence-corrected chi connectivity index (χ1v) is 25.4. The molecule has 1 aliphatic heterocycles. The van der Waals surface area contributed by atoms with Crippen LogP contribution in [0.5, 0.6) is 0 Å². The fourth-order valence-corrected chi connectivity index (χ4v) is 8.51. The van der Waals surface area contributed by atoms with E-state index in [1.54, 1.807) is 111 Å². The van der Waals surface area contributed by atoms with Gasteiger partial charge in [-0.3, -0.25) is 19.5 Å². The average Bonchev–Trinajstić information content (AvgIpc) is 3.72. The van der Waals surface area contributed by atoms with E-state index in [0.29, 0.717) is 11.1 Å². The second-order valence-electron chi connectivity index (χ2n) is 20.0. The number of oxime groups is 1. The van der Waals surface area contributed by atoms with Crippen molar-refractivity contribution >= 4 is 68.5 Å². The van der Waals surface area contributed by atoms with Gasteiger partial charge >= 0.3 is 34.6 Å². The topological polar surface area (TPSA) is 301 Å². The first-order chi connectivity index (χ1) is 34.1. The van der Waals surface area contributed by atoms with Crippen LogP contribution in [0.4, 0.5) is 19.5 Å². The molecule has 0 spiro atoms. The summed E-state index contributed by atoms with van der Waals surface area (Å²) in [5, 5.41) is 21.5. The molecule has 1 saturated heterocycles. The van der Waals surface area contributed by atoms with Gasteiger partial charge in [0.15, 0.2) is 16.9 Å². The number of anilines is 1. The van der Waals surface area contributed by atoms with Crippen molar-refractivity contribution in [3.63, 3.8) is 0 Å². The number of thiazole rings is 1. The van der Waals surface area contributed by atoms with Crippen LogP contribution in [-0.2, 0) is 61.6 Å². The third kappa shape index (κ3) is 15.7. The Labute approximate surface area is 426 Å². The van der Waals surface area contributed by atoms with Crippen LogP contribution in [-0.4, -0.2) is 132 Å². The summed E-state index contributed by atoms with van der Waals surface area (Å²) in [5.74, 6) is -3.15. The monoisotopic (exact) mass is 1050 g/mol. The summed E-state index contributed by atoms with van der Waals surface area (Å²) in [7, 11) is -5.21. The Balaban J connectivity index is 1.22. The van der Waals surface area contributed by atoms with Crippen molar-refractivity contribution in [3.8, 4) is 0 Å². The number of β-lactam (4-membered cyclic amide) rings is 1. The van der Waals surface area contributed by atoms with Gasteiger partial charge in [0, 0.05) is 31.3 Å². The number of carbonyl (C=O) groups excluding carboxylic acids is 6. The Morgan fingerprint density at radius 2 is 1.48 bits per heavy atom. The van der Waals surface area contributed by atoms with E-state index in [-0.39, 0.29) is 59.7 Å². The second-order valence-corrected chi connectivity index (χ2v) is 22.1. The molecule has 2 fully saturated rings. The lowest BCUT2D eigenvalue weighted by Gasteiger charge is -2.43. The average molecular weight is 1050 g/mol. The number of rotatable bonds is 19. The lowest BCUT2D eigenvalue weighted by atomic mass is 9.98. The van der Waals surface area contributed by atoms with Crippen molar-refractivity contribution < 1.29 is 65.5 Å². The predicted molar refractivity (Wildman–Crippen MR) is 262 cm³/mol. The summed E-state index contributed by atoms with van der Waals surface area (Å²) >= 11 is 0.880. The van der Waals surface area contributed by atoms with E-state index in [9.17, 15) is 41.7 Å². The highest BCUT2D eigenvalue weighted by Gasteiger charge is 2.57. The predicted octanol–water partition coefficient (Wildman–Crippen LogP) is 5.52. The molecule has 2 atom stereocenters. The Morgan fingerprint density at radius 1 is 0.890 bits per heavy atom. The van der Waals surface area contributed by atoms with Gasteiger partial charge in [-0.05, 0) is 79.9 Å². The maximum absolute atomic E-state index is 14.3. The molecule has 4 aromatic rings. The highest BCUT2D eigenvalue weighted by atomic mass is 32.2.